The Hall–Kier alpha value is -6.13. The van der Waals surface area contributed by atoms with Gasteiger partial charge in [-0.2, -0.15) is 0 Å². The Balaban J connectivity index is 4.31. The van der Waals surface area contributed by atoms with Crippen molar-refractivity contribution in [1.29, 1.82) is 0 Å². The van der Waals surface area contributed by atoms with Crippen LogP contribution in [-0.4, -0.2) is 227 Å². The number of hydrogen-bond donors (Lipinski definition) is 5. The average molecular weight is 1200 g/mol. The molecular formula is C62H111N11O12. The normalized spacial score (nSPS) is 26.9. The van der Waals surface area contributed by atoms with Gasteiger partial charge in [-0.15, -0.1) is 0 Å². The summed E-state index contributed by atoms with van der Waals surface area (Å²) in [5.74, 6) is -10.1. The number of nitrogens with one attached hydrogen (secondary N) is 4. The number of rotatable bonds is 15. The first-order chi connectivity index (χ1) is 39.2. The number of hydrogen-bond acceptors (Lipinski definition) is 12. The van der Waals surface area contributed by atoms with Gasteiger partial charge in [0.25, 0.3) is 0 Å². The van der Waals surface area contributed by atoms with Crippen molar-refractivity contribution in [3.05, 3.63) is 12.2 Å². The molecule has 0 radical (unpaired) electrons. The molecular weight excluding hydrogens is 1090 g/mol. The summed E-state index contributed by atoms with van der Waals surface area (Å²) in [4.78, 5) is 168. The first-order valence-electron chi connectivity index (χ1n) is 30.6. The number of likely N-dealkylation sites (N-methyl/N-ethyl adjacent to an activating group) is 7. The summed E-state index contributed by atoms with van der Waals surface area (Å²) in [5, 5.41) is 23.1. The molecule has 1 heterocycles. The maximum absolute atomic E-state index is 15.2. The molecule has 1 saturated heterocycles. The third kappa shape index (κ3) is 21.4. The molecule has 0 bridgehead atoms. The van der Waals surface area contributed by atoms with Crippen molar-refractivity contribution in [3.63, 3.8) is 0 Å². The summed E-state index contributed by atoms with van der Waals surface area (Å²) < 4.78 is 0. The predicted molar refractivity (Wildman–Crippen MR) is 328 cm³/mol. The molecule has 1 rings (SSSR count). The van der Waals surface area contributed by atoms with Gasteiger partial charge in [0.15, 0.2) is 0 Å². The maximum atomic E-state index is 15.2. The van der Waals surface area contributed by atoms with Crippen molar-refractivity contribution in [2.24, 2.45) is 41.4 Å². The van der Waals surface area contributed by atoms with Crippen LogP contribution in [0, 0.1) is 41.4 Å². The lowest BCUT2D eigenvalue weighted by molar-refractivity contribution is -0.157. The van der Waals surface area contributed by atoms with Crippen molar-refractivity contribution in [2.75, 3.05) is 55.9 Å². The van der Waals surface area contributed by atoms with E-state index >= 15 is 9.59 Å². The highest BCUT2D eigenvalue weighted by Crippen LogP contribution is 2.26. The molecule has 4 unspecified atom stereocenters. The van der Waals surface area contributed by atoms with E-state index in [1.54, 1.807) is 55.4 Å². The van der Waals surface area contributed by atoms with Gasteiger partial charge < -0.3 is 60.7 Å². The standard InChI is InChI=1S/C62H111N11O12/c1-25-27-28-29-40(15)52(75)51-56(79)65-43(26-2)58(81)67(18)33-47(74)71(22)49(38(11)12)55(78)66-48(37(9)10)61(84)68(19)44(30-34(3)4)54(77)63-41(16)53(76)64-42(17)57(80)69(20)45(31-35(5)6)59(82)70(21)46(32-36(7)8)60(83)72(23)50(39(13)14)62(85)73(51)24/h27-28,34-46,48-52,75H,25-26,29-33H2,1-24H3,(H,63,77)(H,64,76)(H,65,79)(H,66,78)/b28-27+/t40-,41?,42-,43?,44-,45+,46+,48-,49?,50+,51?,52-/m1/s1. The van der Waals surface area contributed by atoms with Crippen LogP contribution in [0.3, 0.4) is 0 Å². The molecule has 0 aliphatic carbocycles. The summed E-state index contributed by atoms with van der Waals surface area (Å²) in [5.41, 5.74) is 0. The Bertz CT molecular complexity index is 2330. The molecule has 1 aliphatic heterocycles. The molecule has 0 aromatic carbocycles. The SMILES string of the molecule is CC/C=C/C[C@@H](C)[C@@H](O)C1C(=O)NC(CC)C(=O)N(C)CC(=O)N(C)C(C(C)C)C(=O)N[C@H](C(C)C)C(=O)N(C)[C@H](CC(C)C)C(=O)NC(C)C(=O)N[C@H](C)C(=O)N(C)[C@@H](CC(C)C)C(=O)N(C)[C@@H](CC(C)C)C(=O)N(C)[C@@H](C(C)C)C(=O)N1C. The summed E-state index contributed by atoms with van der Waals surface area (Å²) in [6.45, 7) is 29.2. The van der Waals surface area contributed by atoms with Gasteiger partial charge in [0.2, 0.25) is 65.0 Å². The Labute approximate surface area is 508 Å². The molecule has 11 amide bonds. The molecule has 1 fully saturated rings. The summed E-state index contributed by atoms with van der Waals surface area (Å²) in [6, 6.07) is -12.4. The molecule has 0 aromatic rings. The van der Waals surface area contributed by atoms with E-state index in [4.69, 9.17) is 0 Å². The minimum absolute atomic E-state index is 0.0222. The third-order valence-electron chi connectivity index (χ3n) is 16.1. The molecule has 23 nitrogen and oxygen atoms in total. The predicted octanol–water partition coefficient (Wildman–Crippen LogP) is 3.27. The van der Waals surface area contributed by atoms with Crippen LogP contribution < -0.4 is 21.3 Å². The fourth-order valence-corrected chi connectivity index (χ4v) is 10.8. The Morgan fingerprint density at radius 3 is 1.34 bits per heavy atom. The zero-order chi connectivity index (χ0) is 66.0. The average Bonchev–Trinajstić information content (AvgIpc) is 3.35. The van der Waals surface area contributed by atoms with Gasteiger partial charge in [-0.25, -0.2) is 0 Å². The number of carbonyl (C=O) groups excluding carboxylic acids is 11. The van der Waals surface area contributed by atoms with Gasteiger partial charge in [0.1, 0.15) is 60.4 Å². The van der Waals surface area contributed by atoms with Crippen LogP contribution in [0.1, 0.15) is 156 Å². The van der Waals surface area contributed by atoms with E-state index in [1.165, 1.54) is 87.7 Å². The lowest BCUT2D eigenvalue weighted by atomic mass is 9.91. The highest BCUT2D eigenvalue weighted by molar-refractivity contribution is 5.99. The van der Waals surface area contributed by atoms with Crippen LogP contribution in [0.15, 0.2) is 12.2 Å². The first kappa shape index (κ1) is 76.9. The van der Waals surface area contributed by atoms with Crippen molar-refractivity contribution in [1.82, 2.24) is 55.6 Å². The second-order valence-corrected chi connectivity index (χ2v) is 25.9. The van der Waals surface area contributed by atoms with Gasteiger partial charge in [0, 0.05) is 49.3 Å². The molecule has 0 aromatic heterocycles. The van der Waals surface area contributed by atoms with Crippen molar-refractivity contribution < 1.29 is 57.8 Å². The topological polar surface area (TPSA) is 279 Å². The quantitative estimate of drug-likeness (QED) is 0.148. The van der Waals surface area contributed by atoms with Crippen LogP contribution in [0.5, 0.6) is 0 Å². The summed E-state index contributed by atoms with van der Waals surface area (Å²) >= 11 is 0. The van der Waals surface area contributed by atoms with Crippen molar-refractivity contribution in [3.8, 4) is 0 Å². The van der Waals surface area contributed by atoms with Gasteiger partial charge >= 0.3 is 0 Å². The summed E-state index contributed by atoms with van der Waals surface area (Å²) in [7, 11) is 9.90. The maximum Gasteiger partial charge on any atom is 0.246 e. The second-order valence-electron chi connectivity index (χ2n) is 25.9. The number of carbonyl (C=O) groups is 11. The largest absolute Gasteiger partial charge is 0.390 e. The molecule has 12 atom stereocenters. The lowest BCUT2D eigenvalue weighted by Crippen LogP contribution is -2.63. The van der Waals surface area contributed by atoms with Crippen molar-refractivity contribution >= 4 is 65.0 Å². The van der Waals surface area contributed by atoms with E-state index < -0.39 is 162 Å². The Kier molecular flexibility index (Phi) is 31.5. The third-order valence-corrected chi connectivity index (χ3v) is 16.1. The fourth-order valence-electron chi connectivity index (χ4n) is 10.8. The van der Waals surface area contributed by atoms with Crippen LogP contribution in [0.4, 0.5) is 0 Å². The van der Waals surface area contributed by atoms with Gasteiger partial charge in [-0.05, 0) is 93.8 Å². The molecule has 85 heavy (non-hydrogen) atoms. The van der Waals surface area contributed by atoms with E-state index in [1.807, 2.05) is 60.6 Å². The fraction of sp³-hybridized carbons (Fsp3) is 0.790. The smallest absolute Gasteiger partial charge is 0.246 e. The van der Waals surface area contributed by atoms with E-state index in [0.717, 1.165) is 9.80 Å². The molecule has 23 heteroatoms. The number of nitrogens with zero attached hydrogens (tertiary/aromatic N) is 7. The Morgan fingerprint density at radius 1 is 0.447 bits per heavy atom. The van der Waals surface area contributed by atoms with Crippen LogP contribution in [0.2, 0.25) is 0 Å². The van der Waals surface area contributed by atoms with Crippen LogP contribution in [0.25, 0.3) is 0 Å². The number of amides is 11. The molecule has 1 aliphatic rings. The number of aliphatic hydroxyl groups excluding tert-OH is 1. The highest BCUT2D eigenvalue weighted by Gasteiger charge is 2.46. The zero-order valence-electron chi connectivity index (χ0n) is 56.1. The molecule has 486 valence electrons. The van der Waals surface area contributed by atoms with Crippen molar-refractivity contribution in [2.45, 2.75) is 223 Å². The van der Waals surface area contributed by atoms with E-state index in [-0.39, 0.29) is 43.4 Å². The van der Waals surface area contributed by atoms with Gasteiger partial charge in [-0.3, -0.25) is 52.7 Å². The van der Waals surface area contributed by atoms with E-state index in [9.17, 15) is 48.3 Å². The van der Waals surface area contributed by atoms with E-state index in [2.05, 4.69) is 21.3 Å². The number of aliphatic hydroxyl groups is 1. The Morgan fingerprint density at radius 2 is 0.882 bits per heavy atom. The summed E-state index contributed by atoms with van der Waals surface area (Å²) in [6.07, 6.45) is 3.78. The van der Waals surface area contributed by atoms with Gasteiger partial charge in [0.05, 0.1) is 12.6 Å². The molecule has 0 spiro atoms. The minimum atomic E-state index is -1.61. The van der Waals surface area contributed by atoms with Crippen LogP contribution >= 0.6 is 0 Å². The lowest BCUT2D eigenvalue weighted by Gasteiger charge is -2.41. The minimum Gasteiger partial charge on any atom is -0.390 e. The number of allylic oxidation sites excluding steroid dienone is 2. The molecule has 5 N–H and O–H groups in total. The van der Waals surface area contributed by atoms with Gasteiger partial charge in [-0.1, -0.05) is 116 Å². The van der Waals surface area contributed by atoms with Crippen LogP contribution in [-0.2, 0) is 52.7 Å². The second kappa shape index (κ2) is 34.9. The van der Waals surface area contributed by atoms with E-state index in [0.29, 0.717) is 12.8 Å². The monoisotopic (exact) mass is 1200 g/mol. The zero-order valence-corrected chi connectivity index (χ0v) is 56.1. The molecule has 0 saturated carbocycles. The first-order valence-corrected chi connectivity index (χ1v) is 30.6. The highest BCUT2D eigenvalue weighted by atomic mass is 16.3.